The fourth-order valence-electron chi connectivity index (χ4n) is 0.377. The molecule has 0 unspecified atom stereocenters. The summed E-state index contributed by atoms with van der Waals surface area (Å²) in [6, 6.07) is 0. The molecule has 48 valence electrons. The number of allylic oxidation sites excluding steroid dienone is 2. The Morgan fingerprint density at radius 1 is 1.44 bits per heavy atom. The Labute approximate surface area is 54.6 Å². The van der Waals surface area contributed by atoms with Crippen LogP contribution >= 0.6 is 0 Å². The summed E-state index contributed by atoms with van der Waals surface area (Å²) in [5.74, 6) is 0.0592. The fraction of sp³-hybridized carbons (Fsp3) is 0.429. The molecule has 0 saturated carbocycles. The van der Waals surface area contributed by atoms with Crippen LogP contribution < -0.4 is 0 Å². The van der Waals surface area contributed by atoms with Gasteiger partial charge < -0.3 is 0 Å². The van der Waals surface area contributed by atoms with Gasteiger partial charge in [0.15, 0.2) is 0 Å². The summed E-state index contributed by atoms with van der Waals surface area (Å²) >= 11 is 0. The molecule has 0 atom stereocenters. The molecule has 0 fully saturated rings. The van der Waals surface area contributed by atoms with Crippen LogP contribution in [0.2, 0.25) is 0 Å². The van der Waals surface area contributed by atoms with Gasteiger partial charge in [0.1, 0.15) is 0 Å². The van der Waals surface area contributed by atoms with Crippen LogP contribution in [0, 0.1) is 5.92 Å². The van der Waals surface area contributed by atoms with E-state index in [1.165, 1.54) is 6.29 Å². The normalized spacial score (nSPS) is 11.7. The van der Waals surface area contributed by atoms with Crippen LogP contribution in [-0.2, 0) is 9.59 Å². The molecule has 0 aliphatic rings. The summed E-state index contributed by atoms with van der Waals surface area (Å²) in [6.45, 7) is 3.63. The number of hydrogen-bond acceptors (Lipinski definition) is 2. The number of carbonyl (C=O) groups excluding carboxylic acids is 2. The van der Waals surface area contributed by atoms with Crippen LogP contribution in [0.4, 0.5) is 0 Å². The van der Waals surface area contributed by atoms with Crippen LogP contribution in [0.3, 0.4) is 0 Å². The van der Waals surface area contributed by atoms with Crippen molar-refractivity contribution in [2.45, 2.75) is 13.8 Å². The highest BCUT2D eigenvalue weighted by Gasteiger charge is 2.00. The lowest BCUT2D eigenvalue weighted by atomic mass is 10.1. The van der Waals surface area contributed by atoms with Gasteiger partial charge in [0.2, 0.25) is 12.6 Å². The second kappa shape index (κ2) is 4.01. The van der Waals surface area contributed by atoms with Crippen LogP contribution in [0.5, 0.6) is 0 Å². The van der Waals surface area contributed by atoms with Crippen molar-refractivity contribution in [3.8, 4) is 0 Å². The summed E-state index contributed by atoms with van der Waals surface area (Å²) in [4.78, 5) is 19.7. The van der Waals surface area contributed by atoms with E-state index in [4.69, 9.17) is 0 Å². The molecule has 0 heterocycles. The summed E-state index contributed by atoms with van der Waals surface area (Å²) in [5.41, 5.74) is 0.366. The van der Waals surface area contributed by atoms with Crippen molar-refractivity contribution in [1.29, 1.82) is 0 Å². The Hall–Kier alpha value is -0.920. The van der Waals surface area contributed by atoms with Crippen LogP contribution in [-0.4, -0.2) is 12.6 Å². The molecule has 9 heavy (non-hydrogen) atoms. The van der Waals surface area contributed by atoms with E-state index in [1.807, 2.05) is 13.8 Å². The van der Waals surface area contributed by atoms with E-state index in [0.717, 1.165) is 6.08 Å². The van der Waals surface area contributed by atoms with Crippen molar-refractivity contribution in [2.24, 2.45) is 5.92 Å². The van der Waals surface area contributed by atoms with E-state index in [9.17, 15) is 9.59 Å². The molecule has 0 bridgehead atoms. The Bertz CT molecular complexity index is 134. The van der Waals surface area contributed by atoms with Gasteiger partial charge in [-0.05, 0) is 12.0 Å². The van der Waals surface area contributed by atoms with E-state index >= 15 is 0 Å². The highest BCUT2D eigenvalue weighted by Crippen LogP contribution is 2.03. The lowest BCUT2D eigenvalue weighted by molar-refractivity contribution is 0.553. The van der Waals surface area contributed by atoms with Crippen LogP contribution in [0.1, 0.15) is 13.8 Å². The zero-order valence-electron chi connectivity index (χ0n) is 5.47. The van der Waals surface area contributed by atoms with Gasteiger partial charge in [-0.25, -0.2) is 0 Å². The van der Waals surface area contributed by atoms with Gasteiger partial charge in [-0.2, -0.15) is 0 Å². The Morgan fingerprint density at radius 2 is 2.00 bits per heavy atom. The zero-order chi connectivity index (χ0) is 7.28. The third kappa shape index (κ3) is 2.80. The molecule has 0 N–H and O–H groups in total. The molecule has 0 rings (SSSR count). The van der Waals surface area contributed by atoms with Gasteiger partial charge in [-0.1, -0.05) is 13.8 Å². The first-order valence-electron chi connectivity index (χ1n) is 2.68. The first kappa shape index (κ1) is 8.08. The van der Waals surface area contributed by atoms with Gasteiger partial charge in [-0.3, -0.25) is 9.59 Å². The third-order valence-corrected chi connectivity index (χ3v) is 0.954. The molecule has 2 nitrogen and oxygen atoms in total. The maximum Gasteiger partial charge on any atom is 0.229 e. The first-order chi connectivity index (χ1) is 4.22. The van der Waals surface area contributed by atoms with Crippen LogP contribution in [0.25, 0.3) is 0 Å². The topological polar surface area (TPSA) is 34.1 Å². The smallest absolute Gasteiger partial charge is 0.229 e. The molecule has 2 heteroatoms. The van der Waals surface area contributed by atoms with E-state index in [1.54, 1.807) is 6.29 Å². The molecule has 0 aromatic rings. The van der Waals surface area contributed by atoms with Crippen molar-refractivity contribution in [3.05, 3.63) is 11.6 Å². The third-order valence-electron chi connectivity index (χ3n) is 0.954. The van der Waals surface area contributed by atoms with Crippen molar-refractivity contribution in [2.75, 3.05) is 0 Å². The van der Waals surface area contributed by atoms with E-state index in [0.29, 0.717) is 5.57 Å². The van der Waals surface area contributed by atoms with Gasteiger partial charge in [-0.15, -0.1) is 0 Å². The van der Waals surface area contributed by atoms with Crippen molar-refractivity contribution >= 4 is 12.6 Å². The maximum atomic E-state index is 9.96. The van der Waals surface area contributed by atoms with E-state index in [-0.39, 0.29) is 5.92 Å². The summed E-state index contributed by atoms with van der Waals surface area (Å²) < 4.78 is 0. The minimum absolute atomic E-state index is 0.0592. The maximum absolute atomic E-state index is 9.96. The fourth-order valence-corrected chi connectivity index (χ4v) is 0.377. The molecule has 2 radical (unpaired) electrons. The summed E-state index contributed by atoms with van der Waals surface area (Å²) in [6.07, 6.45) is 4.29. The molecular formula is C7H8O2. The largest absolute Gasteiger partial charge is 0.286 e. The summed E-state index contributed by atoms with van der Waals surface area (Å²) in [7, 11) is 0. The van der Waals surface area contributed by atoms with Crippen molar-refractivity contribution in [1.82, 2.24) is 0 Å². The van der Waals surface area contributed by atoms with Crippen molar-refractivity contribution in [3.63, 3.8) is 0 Å². The Balaban J connectivity index is 4.13. The molecule has 0 aliphatic heterocycles. The first-order valence-corrected chi connectivity index (χ1v) is 2.68. The predicted molar refractivity (Wildman–Crippen MR) is 34.3 cm³/mol. The lowest BCUT2D eigenvalue weighted by Gasteiger charge is -1.97. The second-order valence-electron chi connectivity index (χ2n) is 1.97. The predicted octanol–water partition coefficient (Wildman–Crippen LogP) is 0.788. The number of hydrogen-bond donors (Lipinski definition) is 0. The molecule has 0 spiro atoms. The highest BCUT2D eigenvalue weighted by molar-refractivity contribution is 5.82. The quantitative estimate of drug-likeness (QED) is 0.521. The molecule has 0 amide bonds. The number of rotatable bonds is 3. The zero-order valence-corrected chi connectivity index (χ0v) is 5.47. The minimum atomic E-state index is 0.0592. The highest BCUT2D eigenvalue weighted by atomic mass is 16.1. The monoisotopic (exact) mass is 124 g/mol. The van der Waals surface area contributed by atoms with Crippen molar-refractivity contribution < 1.29 is 9.59 Å². The van der Waals surface area contributed by atoms with E-state index < -0.39 is 0 Å². The molecule has 0 saturated heterocycles. The Kier molecular flexibility index (Phi) is 3.60. The molecule has 0 aromatic carbocycles. The average molecular weight is 124 g/mol. The van der Waals surface area contributed by atoms with Gasteiger partial charge in [0.25, 0.3) is 0 Å². The lowest BCUT2D eigenvalue weighted by Crippen LogP contribution is -1.94. The van der Waals surface area contributed by atoms with Gasteiger partial charge in [0, 0.05) is 5.57 Å². The minimum Gasteiger partial charge on any atom is -0.286 e. The second-order valence-corrected chi connectivity index (χ2v) is 1.97. The van der Waals surface area contributed by atoms with E-state index in [2.05, 4.69) is 0 Å². The summed E-state index contributed by atoms with van der Waals surface area (Å²) in [5, 5.41) is 0. The molecular weight excluding hydrogens is 116 g/mol. The average Bonchev–Trinajstić information content (AvgIpc) is 1.82. The van der Waals surface area contributed by atoms with Crippen LogP contribution in [0.15, 0.2) is 11.6 Å². The molecule has 0 aliphatic carbocycles. The SMILES string of the molecule is CC(C)/C([C]=O)=C\[C]=O. The van der Waals surface area contributed by atoms with Gasteiger partial charge in [0.05, 0.1) is 0 Å². The standard InChI is InChI=1S/C7H8O2/c1-6(2)7(5-9)3-4-8/h3,6H,1-2H3/b7-3-. The van der Waals surface area contributed by atoms with Gasteiger partial charge >= 0.3 is 0 Å². The molecule has 0 aromatic heterocycles. The Morgan fingerprint density at radius 3 is 2.11 bits per heavy atom.